The zero-order valence-electron chi connectivity index (χ0n) is 15.4. The molecule has 0 saturated carbocycles. The maximum absolute atomic E-state index is 13.6. The summed E-state index contributed by atoms with van der Waals surface area (Å²) >= 11 is 6.97. The van der Waals surface area contributed by atoms with Crippen LogP contribution in [0.3, 0.4) is 0 Å². The third kappa shape index (κ3) is 5.78. The van der Waals surface area contributed by atoms with Crippen LogP contribution in [-0.2, 0) is 23.1 Å². The smallest absolute Gasteiger partial charge is 0.234 e. The van der Waals surface area contributed by atoms with Crippen molar-refractivity contribution in [1.82, 2.24) is 14.8 Å². The molecule has 150 valence electrons. The van der Waals surface area contributed by atoms with Crippen LogP contribution in [0.5, 0.6) is 0 Å². The highest BCUT2D eigenvalue weighted by atomic mass is 35.5. The number of para-hydroxylation sites is 1. The van der Waals surface area contributed by atoms with E-state index in [9.17, 15) is 14.0 Å². The minimum atomic E-state index is -0.501. The third-order valence-corrected chi connectivity index (χ3v) is 5.12. The molecule has 10 heteroatoms. The molecule has 0 aliphatic carbocycles. The molecular formula is C19H17ClFN5O2S. The number of benzene rings is 2. The Morgan fingerprint density at radius 3 is 2.52 bits per heavy atom. The number of hydrogen-bond donors (Lipinski definition) is 2. The Bertz CT molecular complexity index is 1030. The van der Waals surface area contributed by atoms with Gasteiger partial charge in [-0.05, 0) is 36.4 Å². The molecule has 3 rings (SSSR count). The number of carbonyl (C=O) groups is 2. The van der Waals surface area contributed by atoms with E-state index >= 15 is 0 Å². The number of amides is 2. The highest BCUT2D eigenvalue weighted by Crippen LogP contribution is 2.18. The summed E-state index contributed by atoms with van der Waals surface area (Å²) < 4.78 is 15.2. The van der Waals surface area contributed by atoms with Crippen molar-refractivity contribution in [2.75, 3.05) is 16.4 Å². The minimum absolute atomic E-state index is 0.0219. The molecule has 2 aromatic carbocycles. The van der Waals surface area contributed by atoms with E-state index in [0.717, 1.165) is 11.8 Å². The average Bonchev–Trinajstić information content (AvgIpc) is 3.03. The van der Waals surface area contributed by atoms with Crippen molar-refractivity contribution in [2.24, 2.45) is 7.05 Å². The molecule has 2 N–H and O–H groups in total. The van der Waals surface area contributed by atoms with Gasteiger partial charge in [0.05, 0.1) is 17.9 Å². The molecule has 0 aliphatic heterocycles. The number of nitrogens with one attached hydrogen (secondary N) is 2. The molecule has 3 aromatic rings. The number of thioether (sulfide) groups is 1. The molecule has 0 saturated heterocycles. The molecule has 0 radical (unpaired) electrons. The fourth-order valence-electron chi connectivity index (χ4n) is 2.39. The SMILES string of the molecule is Cn1c(CC(=O)Nc2ccc(Cl)cc2)nnc1SCC(=O)Nc1ccccc1F. The van der Waals surface area contributed by atoms with E-state index in [2.05, 4.69) is 20.8 Å². The molecule has 7 nitrogen and oxygen atoms in total. The summed E-state index contributed by atoms with van der Waals surface area (Å²) in [6.45, 7) is 0. The van der Waals surface area contributed by atoms with Crippen LogP contribution in [-0.4, -0.2) is 32.3 Å². The Kier molecular flexibility index (Phi) is 6.84. The second kappa shape index (κ2) is 9.53. The number of hydrogen-bond acceptors (Lipinski definition) is 5. The summed E-state index contributed by atoms with van der Waals surface area (Å²) in [6, 6.07) is 12.7. The second-order valence-corrected chi connectivity index (χ2v) is 7.39. The van der Waals surface area contributed by atoms with Crippen LogP contribution in [0.1, 0.15) is 5.82 Å². The largest absolute Gasteiger partial charge is 0.326 e. The Morgan fingerprint density at radius 2 is 1.79 bits per heavy atom. The Balaban J connectivity index is 1.53. The maximum Gasteiger partial charge on any atom is 0.234 e. The zero-order valence-corrected chi connectivity index (χ0v) is 16.9. The van der Waals surface area contributed by atoms with Crippen molar-refractivity contribution < 1.29 is 14.0 Å². The van der Waals surface area contributed by atoms with E-state index in [-0.39, 0.29) is 29.7 Å². The minimum Gasteiger partial charge on any atom is -0.326 e. The van der Waals surface area contributed by atoms with Crippen molar-refractivity contribution in [3.05, 3.63) is 65.2 Å². The topological polar surface area (TPSA) is 88.9 Å². The first-order chi connectivity index (χ1) is 13.9. The molecule has 0 fully saturated rings. The fraction of sp³-hybridized carbons (Fsp3) is 0.158. The van der Waals surface area contributed by atoms with Crippen LogP contribution in [0.4, 0.5) is 15.8 Å². The number of halogens is 2. The van der Waals surface area contributed by atoms with E-state index in [4.69, 9.17) is 11.6 Å². The first-order valence-corrected chi connectivity index (χ1v) is 9.89. The first kappa shape index (κ1) is 20.8. The Morgan fingerprint density at radius 1 is 1.07 bits per heavy atom. The molecule has 1 heterocycles. The average molecular weight is 434 g/mol. The van der Waals surface area contributed by atoms with Gasteiger partial charge >= 0.3 is 0 Å². The second-order valence-electron chi connectivity index (χ2n) is 6.01. The molecule has 1 aromatic heterocycles. The highest BCUT2D eigenvalue weighted by Gasteiger charge is 2.15. The quantitative estimate of drug-likeness (QED) is 0.556. The molecule has 0 unspecified atom stereocenters. The van der Waals surface area contributed by atoms with Gasteiger partial charge in [0.2, 0.25) is 11.8 Å². The van der Waals surface area contributed by atoms with Gasteiger partial charge in [-0.3, -0.25) is 9.59 Å². The summed E-state index contributed by atoms with van der Waals surface area (Å²) in [4.78, 5) is 24.2. The maximum atomic E-state index is 13.6. The van der Waals surface area contributed by atoms with Gasteiger partial charge < -0.3 is 15.2 Å². The Labute approximate surface area is 175 Å². The summed E-state index contributed by atoms with van der Waals surface area (Å²) in [5.74, 6) is -0.647. The lowest BCUT2D eigenvalue weighted by molar-refractivity contribution is -0.116. The monoisotopic (exact) mass is 433 g/mol. The number of carbonyl (C=O) groups excluding carboxylic acids is 2. The molecule has 0 atom stereocenters. The predicted octanol–water partition coefficient (Wildman–Crippen LogP) is 3.52. The summed E-state index contributed by atoms with van der Waals surface area (Å²) in [6.07, 6.45) is 0.0219. The molecule has 29 heavy (non-hydrogen) atoms. The lowest BCUT2D eigenvalue weighted by atomic mass is 10.3. The lowest BCUT2D eigenvalue weighted by Gasteiger charge is -2.07. The number of aromatic nitrogens is 3. The van der Waals surface area contributed by atoms with E-state index in [1.165, 1.54) is 12.1 Å². The summed E-state index contributed by atoms with van der Waals surface area (Å²) in [7, 11) is 1.71. The number of anilines is 2. The standard InChI is InChI=1S/C19H17ClFN5O2S/c1-26-16(10-17(27)22-13-8-6-12(20)7-9-13)24-25-19(26)29-11-18(28)23-15-5-3-2-4-14(15)21/h2-9H,10-11H2,1H3,(H,22,27)(H,23,28). The normalized spacial score (nSPS) is 10.6. The van der Waals surface area contributed by atoms with Gasteiger partial charge in [0.1, 0.15) is 11.6 Å². The van der Waals surface area contributed by atoms with E-state index in [1.807, 2.05) is 0 Å². The van der Waals surface area contributed by atoms with Crippen molar-refractivity contribution in [3.63, 3.8) is 0 Å². The zero-order chi connectivity index (χ0) is 20.8. The van der Waals surface area contributed by atoms with Crippen LogP contribution in [0.15, 0.2) is 53.7 Å². The van der Waals surface area contributed by atoms with Gasteiger partial charge in [0, 0.05) is 17.8 Å². The fourth-order valence-corrected chi connectivity index (χ4v) is 3.24. The van der Waals surface area contributed by atoms with Crippen molar-refractivity contribution in [2.45, 2.75) is 11.6 Å². The van der Waals surface area contributed by atoms with Crippen LogP contribution in [0.25, 0.3) is 0 Å². The predicted molar refractivity (Wildman–Crippen MR) is 111 cm³/mol. The molecule has 2 amide bonds. The summed E-state index contributed by atoms with van der Waals surface area (Å²) in [5.41, 5.74) is 0.747. The van der Waals surface area contributed by atoms with Crippen molar-refractivity contribution in [3.8, 4) is 0 Å². The highest BCUT2D eigenvalue weighted by molar-refractivity contribution is 7.99. The third-order valence-electron chi connectivity index (χ3n) is 3.85. The van der Waals surface area contributed by atoms with Crippen LogP contribution >= 0.6 is 23.4 Å². The molecule has 0 bridgehead atoms. The van der Waals surface area contributed by atoms with Gasteiger partial charge in [-0.2, -0.15) is 0 Å². The van der Waals surface area contributed by atoms with Gasteiger partial charge in [0.15, 0.2) is 5.16 Å². The van der Waals surface area contributed by atoms with Gasteiger partial charge in [-0.25, -0.2) is 4.39 Å². The van der Waals surface area contributed by atoms with Gasteiger partial charge in [-0.15, -0.1) is 10.2 Å². The molecule has 0 aliphatic rings. The van der Waals surface area contributed by atoms with E-state index < -0.39 is 5.82 Å². The van der Waals surface area contributed by atoms with Crippen LogP contribution < -0.4 is 10.6 Å². The van der Waals surface area contributed by atoms with Crippen molar-refractivity contribution >= 4 is 46.6 Å². The molecular weight excluding hydrogens is 417 g/mol. The van der Waals surface area contributed by atoms with E-state index in [0.29, 0.717) is 21.7 Å². The Hall–Kier alpha value is -2.91. The summed E-state index contributed by atoms with van der Waals surface area (Å²) in [5, 5.41) is 14.3. The number of nitrogens with zero attached hydrogens (tertiary/aromatic N) is 3. The lowest BCUT2D eigenvalue weighted by Crippen LogP contribution is -2.17. The van der Waals surface area contributed by atoms with Crippen LogP contribution in [0, 0.1) is 5.82 Å². The van der Waals surface area contributed by atoms with E-state index in [1.54, 1.807) is 48.0 Å². The van der Waals surface area contributed by atoms with Crippen LogP contribution in [0.2, 0.25) is 5.02 Å². The van der Waals surface area contributed by atoms with Crippen molar-refractivity contribution in [1.29, 1.82) is 0 Å². The molecule has 0 spiro atoms. The van der Waals surface area contributed by atoms with Gasteiger partial charge in [0.25, 0.3) is 0 Å². The first-order valence-electron chi connectivity index (χ1n) is 8.53. The number of rotatable bonds is 7. The van der Waals surface area contributed by atoms with Gasteiger partial charge in [-0.1, -0.05) is 35.5 Å².